The summed E-state index contributed by atoms with van der Waals surface area (Å²) < 4.78 is 0. The number of rotatable bonds is 4. The third-order valence-corrected chi connectivity index (χ3v) is 3.51. The third-order valence-electron chi connectivity index (χ3n) is 3.28. The average molecular weight is 320 g/mol. The lowest BCUT2D eigenvalue weighted by Gasteiger charge is -2.06. The number of pyridine rings is 1. The molecular weight excluding hydrogens is 304 g/mol. The van der Waals surface area contributed by atoms with E-state index in [1.165, 1.54) is 0 Å². The molecule has 1 aromatic heterocycles. The number of hydrogen-bond donors (Lipinski definition) is 2. The van der Waals surface area contributed by atoms with Gasteiger partial charge < -0.3 is 5.32 Å². The average Bonchev–Trinajstić information content (AvgIpc) is 2.61. The van der Waals surface area contributed by atoms with Gasteiger partial charge in [-0.1, -0.05) is 54.6 Å². The first-order valence-electron chi connectivity index (χ1n) is 7.28. The molecule has 0 radical (unpaired) electrons. The SMILES string of the molecule is S=C(NCc1ccccc1)N/N=C/c1ccc2ccccc2n1. The zero-order chi connectivity index (χ0) is 15.9. The van der Waals surface area contributed by atoms with Crippen LogP contribution >= 0.6 is 12.2 Å². The molecular formula is C18H16N4S. The van der Waals surface area contributed by atoms with Gasteiger partial charge in [-0.05, 0) is 29.9 Å². The van der Waals surface area contributed by atoms with Crippen molar-refractivity contribution in [2.75, 3.05) is 0 Å². The minimum absolute atomic E-state index is 0.478. The van der Waals surface area contributed by atoms with E-state index < -0.39 is 0 Å². The summed E-state index contributed by atoms with van der Waals surface area (Å²) in [6, 6.07) is 22.0. The van der Waals surface area contributed by atoms with Crippen molar-refractivity contribution in [1.82, 2.24) is 15.7 Å². The van der Waals surface area contributed by atoms with Crippen molar-refractivity contribution in [3.8, 4) is 0 Å². The molecule has 114 valence electrons. The van der Waals surface area contributed by atoms with E-state index in [0.717, 1.165) is 22.2 Å². The van der Waals surface area contributed by atoms with Gasteiger partial charge >= 0.3 is 0 Å². The Morgan fingerprint density at radius 3 is 2.65 bits per heavy atom. The minimum atomic E-state index is 0.478. The Labute approximate surface area is 140 Å². The highest BCUT2D eigenvalue weighted by atomic mass is 32.1. The van der Waals surface area contributed by atoms with Gasteiger partial charge in [0.1, 0.15) is 0 Å². The minimum Gasteiger partial charge on any atom is -0.357 e. The van der Waals surface area contributed by atoms with Crippen LogP contribution in [-0.4, -0.2) is 16.3 Å². The van der Waals surface area contributed by atoms with Crippen molar-refractivity contribution in [1.29, 1.82) is 0 Å². The molecule has 0 aliphatic rings. The maximum Gasteiger partial charge on any atom is 0.187 e. The van der Waals surface area contributed by atoms with E-state index in [-0.39, 0.29) is 0 Å². The van der Waals surface area contributed by atoms with Gasteiger partial charge in [-0.2, -0.15) is 5.10 Å². The second-order valence-corrected chi connectivity index (χ2v) is 5.38. The molecule has 4 nitrogen and oxygen atoms in total. The Morgan fingerprint density at radius 2 is 1.78 bits per heavy atom. The molecule has 2 N–H and O–H groups in total. The molecule has 0 saturated heterocycles. The van der Waals surface area contributed by atoms with Gasteiger partial charge in [0.25, 0.3) is 0 Å². The fourth-order valence-electron chi connectivity index (χ4n) is 2.13. The van der Waals surface area contributed by atoms with E-state index >= 15 is 0 Å². The van der Waals surface area contributed by atoms with Crippen LogP contribution in [0.15, 0.2) is 71.8 Å². The zero-order valence-electron chi connectivity index (χ0n) is 12.4. The van der Waals surface area contributed by atoms with E-state index in [2.05, 4.69) is 20.8 Å². The summed E-state index contributed by atoms with van der Waals surface area (Å²) in [5, 5.41) is 8.81. The molecule has 1 heterocycles. The summed E-state index contributed by atoms with van der Waals surface area (Å²) in [5.74, 6) is 0. The van der Waals surface area contributed by atoms with E-state index in [0.29, 0.717) is 11.7 Å². The van der Waals surface area contributed by atoms with Crippen molar-refractivity contribution >= 4 is 34.4 Å². The molecule has 3 aromatic rings. The highest BCUT2D eigenvalue weighted by molar-refractivity contribution is 7.80. The van der Waals surface area contributed by atoms with Crippen LogP contribution in [0.2, 0.25) is 0 Å². The number of thiocarbonyl (C=S) groups is 1. The molecule has 0 atom stereocenters. The maximum atomic E-state index is 5.19. The molecule has 2 aromatic carbocycles. The van der Waals surface area contributed by atoms with Gasteiger partial charge in [-0.15, -0.1) is 0 Å². The van der Waals surface area contributed by atoms with Gasteiger partial charge in [0.05, 0.1) is 17.4 Å². The lowest BCUT2D eigenvalue weighted by Crippen LogP contribution is -2.31. The Balaban J connectivity index is 1.54. The Kier molecular flexibility index (Phi) is 4.91. The molecule has 0 aliphatic carbocycles. The number of para-hydroxylation sites is 1. The van der Waals surface area contributed by atoms with Crippen LogP contribution in [0.3, 0.4) is 0 Å². The molecule has 0 amide bonds. The summed E-state index contributed by atoms with van der Waals surface area (Å²) in [4.78, 5) is 4.51. The molecule has 0 saturated carbocycles. The van der Waals surface area contributed by atoms with Gasteiger partial charge in [0.2, 0.25) is 0 Å². The molecule has 0 spiro atoms. The fraction of sp³-hybridized carbons (Fsp3) is 0.0556. The van der Waals surface area contributed by atoms with Crippen molar-refractivity contribution < 1.29 is 0 Å². The summed E-state index contributed by atoms with van der Waals surface area (Å²) in [5.41, 5.74) is 5.69. The molecule has 0 unspecified atom stereocenters. The number of fused-ring (bicyclic) bond motifs is 1. The Bertz CT molecular complexity index is 831. The van der Waals surface area contributed by atoms with Gasteiger partial charge in [0.15, 0.2) is 5.11 Å². The first-order chi connectivity index (χ1) is 11.3. The second kappa shape index (κ2) is 7.47. The van der Waals surface area contributed by atoms with Crippen LogP contribution in [0.25, 0.3) is 10.9 Å². The molecule has 0 fully saturated rings. The summed E-state index contributed by atoms with van der Waals surface area (Å²) in [6.45, 7) is 0.663. The van der Waals surface area contributed by atoms with E-state index in [1.54, 1.807) is 6.21 Å². The zero-order valence-corrected chi connectivity index (χ0v) is 13.3. The molecule has 0 bridgehead atoms. The number of hydrogen-bond acceptors (Lipinski definition) is 3. The second-order valence-electron chi connectivity index (χ2n) is 4.97. The number of nitrogens with one attached hydrogen (secondary N) is 2. The number of benzene rings is 2. The van der Waals surface area contributed by atoms with Crippen LogP contribution in [0.5, 0.6) is 0 Å². The van der Waals surface area contributed by atoms with Gasteiger partial charge in [-0.3, -0.25) is 5.43 Å². The number of hydrazone groups is 1. The predicted molar refractivity (Wildman–Crippen MR) is 98.4 cm³/mol. The first-order valence-corrected chi connectivity index (χ1v) is 7.69. The standard InChI is InChI=1S/C18H16N4S/c23-18(19-12-14-6-2-1-3-7-14)22-20-13-16-11-10-15-8-4-5-9-17(15)21-16/h1-11,13H,12H2,(H2,19,22,23)/b20-13+. The number of nitrogens with zero attached hydrogens (tertiary/aromatic N) is 2. The van der Waals surface area contributed by atoms with Crippen LogP contribution in [-0.2, 0) is 6.54 Å². The fourth-order valence-corrected chi connectivity index (χ4v) is 2.25. The molecule has 23 heavy (non-hydrogen) atoms. The summed E-state index contributed by atoms with van der Waals surface area (Å²) in [7, 11) is 0. The van der Waals surface area contributed by atoms with Gasteiger partial charge in [0, 0.05) is 11.9 Å². The monoisotopic (exact) mass is 320 g/mol. The van der Waals surface area contributed by atoms with Crippen molar-refractivity contribution in [2.24, 2.45) is 5.10 Å². The maximum absolute atomic E-state index is 5.19. The molecule has 0 aliphatic heterocycles. The van der Waals surface area contributed by atoms with Crippen LogP contribution < -0.4 is 10.7 Å². The lowest BCUT2D eigenvalue weighted by molar-refractivity contribution is 0.868. The largest absolute Gasteiger partial charge is 0.357 e. The molecule has 5 heteroatoms. The summed E-state index contributed by atoms with van der Waals surface area (Å²) in [6.07, 6.45) is 1.66. The normalized spacial score (nSPS) is 10.8. The van der Waals surface area contributed by atoms with Crippen molar-refractivity contribution in [3.05, 3.63) is 78.0 Å². The lowest BCUT2D eigenvalue weighted by atomic mass is 10.2. The Morgan fingerprint density at radius 1 is 1.00 bits per heavy atom. The van der Waals surface area contributed by atoms with Crippen LogP contribution in [0, 0.1) is 0 Å². The predicted octanol–water partition coefficient (Wildman–Crippen LogP) is 3.23. The van der Waals surface area contributed by atoms with E-state index in [1.807, 2.05) is 66.7 Å². The van der Waals surface area contributed by atoms with E-state index in [4.69, 9.17) is 12.2 Å². The van der Waals surface area contributed by atoms with Crippen LogP contribution in [0.4, 0.5) is 0 Å². The topological polar surface area (TPSA) is 49.3 Å². The number of aromatic nitrogens is 1. The van der Waals surface area contributed by atoms with Gasteiger partial charge in [-0.25, -0.2) is 4.98 Å². The highest BCUT2D eigenvalue weighted by Crippen LogP contribution is 2.10. The molecule has 3 rings (SSSR count). The van der Waals surface area contributed by atoms with E-state index in [9.17, 15) is 0 Å². The summed E-state index contributed by atoms with van der Waals surface area (Å²) >= 11 is 5.19. The Hall–Kier alpha value is -2.79. The van der Waals surface area contributed by atoms with Crippen molar-refractivity contribution in [3.63, 3.8) is 0 Å². The first kappa shape index (κ1) is 15.1. The smallest absolute Gasteiger partial charge is 0.187 e. The van der Waals surface area contributed by atoms with Crippen molar-refractivity contribution in [2.45, 2.75) is 6.54 Å². The van der Waals surface area contributed by atoms with Crippen LogP contribution in [0.1, 0.15) is 11.3 Å². The third kappa shape index (κ3) is 4.34. The quantitative estimate of drug-likeness (QED) is 0.440. The highest BCUT2D eigenvalue weighted by Gasteiger charge is 1.96.